The average molecular weight is 409 g/mol. The molecule has 1 heterocycles. The minimum atomic E-state index is 0.472. The van der Waals surface area contributed by atoms with Crippen molar-refractivity contribution >= 4 is 37.5 Å². The number of benzene rings is 2. The number of halogens is 2. The molecule has 106 valence electrons. The topological polar surface area (TPSA) is 51.0 Å². The summed E-state index contributed by atoms with van der Waals surface area (Å²) in [6.07, 6.45) is 0. The summed E-state index contributed by atoms with van der Waals surface area (Å²) < 4.78 is 7.64. The zero-order valence-corrected chi connectivity index (χ0v) is 14.1. The van der Waals surface area contributed by atoms with Crippen LogP contribution in [-0.4, -0.2) is 10.2 Å². The van der Waals surface area contributed by atoms with E-state index in [9.17, 15) is 0 Å². The van der Waals surface area contributed by atoms with E-state index in [1.54, 1.807) is 0 Å². The highest BCUT2D eigenvalue weighted by atomic mass is 79.9. The molecule has 2 aromatic carbocycles. The van der Waals surface area contributed by atoms with E-state index in [2.05, 4.69) is 47.4 Å². The molecule has 0 saturated carbocycles. The van der Waals surface area contributed by atoms with E-state index in [-0.39, 0.29) is 0 Å². The predicted molar refractivity (Wildman–Crippen MR) is 88.9 cm³/mol. The number of rotatable bonds is 4. The van der Waals surface area contributed by atoms with Crippen molar-refractivity contribution in [3.05, 3.63) is 63.4 Å². The summed E-state index contributed by atoms with van der Waals surface area (Å²) in [7, 11) is 0. The number of nitrogens with zero attached hydrogens (tertiary/aromatic N) is 2. The fourth-order valence-electron chi connectivity index (χ4n) is 1.83. The Balaban J connectivity index is 1.70. The van der Waals surface area contributed by atoms with E-state index in [0.717, 1.165) is 20.2 Å². The predicted octanol–water partition coefficient (Wildman–Crippen LogP) is 4.87. The van der Waals surface area contributed by atoms with Gasteiger partial charge in [-0.3, -0.25) is 0 Å². The van der Waals surface area contributed by atoms with Crippen LogP contribution in [-0.2, 0) is 6.54 Å². The van der Waals surface area contributed by atoms with Gasteiger partial charge >= 0.3 is 0 Å². The van der Waals surface area contributed by atoms with Crippen molar-refractivity contribution in [3.8, 4) is 11.5 Å². The van der Waals surface area contributed by atoms with Crippen molar-refractivity contribution in [1.82, 2.24) is 10.2 Å². The Morgan fingerprint density at radius 2 is 1.81 bits per heavy atom. The largest absolute Gasteiger partial charge is 0.419 e. The van der Waals surface area contributed by atoms with E-state index in [1.165, 1.54) is 0 Å². The van der Waals surface area contributed by atoms with Crippen LogP contribution >= 0.6 is 31.9 Å². The first kappa shape index (κ1) is 14.3. The quantitative estimate of drug-likeness (QED) is 0.668. The molecule has 0 aliphatic rings. The van der Waals surface area contributed by atoms with Gasteiger partial charge in [-0.05, 0) is 46.3 Å². The lowest BCUT2D eigenvalue weighted by Gasteiger charge is -2.06. The SMILES string of the molecule is Brc1ccc(NCc2nnc(-c3ccccc3)o2)c(Br)c1. The molecule has 0 aliphatic carbocycles. The highest BCUT2D eigenvalue weighted by molar-refractivity contribution is 9.11. The minimum Gasteiger partial charge on any atom is -0.419 e. The normalized spacial score (nSPS) is 10.6. The number of anilines is 1. The summed E-state index contributed by atoms with van der Waals surface area (Å²) in [5.74, 6) is 1.07. The van der Waals surface area contributed by atoms with Crippen molar-refractivity contribution in [2.45, 2.75) is 6.54 Å². The molecule has 0 saturated heterocycles. The van der Waals surface area contributed by atoms with Crippen molar-refractivity contribution in [2.24, 2.45) is 0 Å². The molecule has 4 nitrogen and oxygen atoms in total. The van der Waals surface area contributed by atoms with Crippen molar-refractivity contribution in [2.75, 3.05) is 5.32 Å². The number of hydrogen-bond donors (Lipinski definition) is 1. The first-order valence-corrected chi connectivity index (χ1v) is 7.88. The molecular formula is C15H11Br2N3O. The second kappa shape index (κ2) is 6.41. The van der Waals surface area contributed by atoms with Gasteiger partial charge in [-0.15, -0.1) is 10.2 Å². The molecular weight excluding hydrogens is 398 g/mol. The molecule has 1 aromatic heterocycles. The third-order valence-electron chi connectivity index (χ3n) is 2.85. The third kappa shape index (κ3) is 3.51. The Morgan fingerprint density at radius 3 is 2.57 bits per heavy atom. The molecule has 0 bridgehead atoms. The molecule has 0 amide bonds. The first-order valence-electron chi connectivity index (χ1n) is 6.29. The molecule has 0 spiro atoms. The van der Waals surface area contributed by atoms with Gasteiger partial charge in [0, 0.05) is 20.2 Å². The highest BCUT2D eigenvalue weighted by Crippen LogP contribution is 2.26. The second-order valence-electron chi connectivity index (χ2n) is 4.34. The third-order valence-corrected chi connectivity index (χ3v) is 4.00. The molecule has 0 unspecified atom stereocenters. The fraction of sp³-hybridized carbons (Fsp3) is 0.0667. The van der Waals surface area contributed by atoms with Crippen LogP contribution in [0.2, 0.25) is 0 Å². The van der Waals surface area contributed by atoms with Crippen LogP contribution < -0.4 is 5.32 Å². The van der Waals surface area contributed by atoms with Crippen LogP contribution in [0, 0.1) is 0 Å². The lowest BCUT2D eigenvalue weighted by Crippen LogP contribution is -2.00. The Morgan fingerprint density at radius 1 is 1.00 bits per heavy atom. The minimum absolute atomic E-state index is 0.472. The van der Waals surface area contributed by atoms with Crippen LogP contribution in [0.5, 0.6) is 0 Å². The highest BCUT2D eigenvalue weighted by Gasteiger charge is 2.08. The zero-order chi connectivity index (χ0) is 14.7. The maximum atomic E-state index is 5.65. The number of aromatic nitrogens is 2. The molecule has 6 heteroatoms. The first-order chi connectivity index (χ1) is 10.2. The maximum Gasteiger partial charge on any atom is 0.247 e. The monoisotopic (exact) mass is 407 g/mol. The van der Waals surface area contributed by atoms with Crippen molar-refractivity contribution in [3.63, 3.8) is 0 Å². The molecule has 0 aliphatic heterocycles. The lowest BCUT2D eigenvalue weighted by atomic mass is 10.2. The van der Waals surface area contributed by atoms with Gasteiger partial charge in [-0.25, -0.2) is 0 Å². The number of nitrogens with one attached hydrogen (secondary N) is 1. The second-order valence-corrected chi connectivity index (χ2v) is 6.11. The van der Waals surface area contributed by atoms with Crippen LogP contribution in [0.3, 0.4) is 0 Å². The maximum absolute atomic E-state index is 5.65. The summed E-state index contributed by atoms with van der Waals surface area (Å²) >= 11 is 6.93. The van der Waals surface area contributed by atoms with Gasteiger partial charge in [0.1, 0.15) is 0 Å². The Kier molecular flexibility index (Phi) is 4.36. The molecule has 3 aromatic rings. The van der Waals surface area contributed by atoms with Crippen LogP contribution in [0.4, 0.5) is 5.69 Å². The van der Waals surface area contributed by atoms with Gasteiger partial charge in [-0.2, -0.15) is 0 Å². The molecule has 21 heavy (non-hydrogen) atoms. The van der Waals surface area contributed by atoms with Gasteiger partial charge in [0.2, 0.25) is 11.8 Å². The molecule has 0 radical (unpaired) electrons. The zero-order valence-electron chi connectivity index (χ0n) is 10.9. The summed E-state index contributed by atoms with van der Waals surface area (Å²) in [6, 6.07) is 15.6. The summed E-state index contributed by atoms with van der Waals surface area (Å²) in [6.45, 7) is 0.472. The summed E-state index contributed by atoms with van der Waals surface area (Å²) in [4.78, 5) is 0. The Labute approximate surface area is 138 Å². The van der Waals surface area contributed by atoms with Gasteiger partial charge in [0.15, 0.2) is 0 Å². The van der Waals surface area contributed by atoms with E-state index in [0.29, 0.717) is 18.3 Å². The fourth-order valence-corrected chi connectivity index (χ4v) is 3.01. The standard InChI is InChI=1S/C15H11Br2N3O/c16-11-6-7-13(12(17)8-11)18-9-14-19-20-15(21-14)10-4-2-1-3-5-10/h1-8,18H,9H2. The van der Waals surface area contributed by atoms with E-state index >= 15 is 0 Å². The van der Waals surface area contributed by atoms with Gasteiger partial charge in [0.05, 0.1) is 6.54 Å². The van der Waals surface area contributed by atoms with E-state index in [4.69, 9.17) is 4.42 Å². The van der Waals surface area contributed by atoms with Crippen LogP contribution in [0.1, 0.15) is 5.89 Å². The van der Waals surface area contributed by atoms with Crippen LogP contribution in [0.25, 0.3) is 11.5 Å². The molecule has 0 fully saturated rings. The summed E-state index contributed by atoms with van der Waals surface area (Å²) in [5, 5.41) is 11.4. The molecule has 3 rings (SSSR count). The van der Waals surface area contributed by atoms with Crippen LogP contribution in [0.15, 0.2) is 61.9 Å². The van der Waals surface area contributed by atoms with Gasteiger partial charge < -0.3 is 9.73 Å². The van der Waals surface area contributed by atoms with E-state index in [1.807, 2.05) is 48.5 Å². The molecule has 1 N–H and O–H groups in total. The smallest absolute Gasteiger partial charge is 0.247 e. The Bertz CT molecular complexity index is 744. The number of hydrogen-bond acceptors (Lipinski definition) is 4. The van der Waals surface area contributed by atoms with Crippen molar-refractivity contribution in [1.29, 1.82) is 0 Å². The van der Waals surface area contributed by atoms with E-state index < -0.39 is 0 Å². The van der Waals surface area contributed by atoms with Crippen molar-refractivity contribution < 1.29 is 4.42 Å². The van der Waals surface area contributed by atoms with Gasteiger partial charge in [-0.1, -0.05) is 34.1 Å². The Hall–Kier alpha value is -1.66. The average Bonchev–Trinajstić information content (AvgIpc) is 2.96. The molecule has 0 atom stereocenters. The summed E-state index contributed by atoms with van der Waals surface area (Å²) in [5.41, 5.74) is 1.89. The lowest BCUT2D eigenvalue weighted by molar-refractivity contribution is 0.515. The van der Waals surface area contributed by atoms with Gasteiger partial charge in [0.25, 0.3) is 0 Å².